The number of tetrazole rings is 1. The Kier molecular flexibility index (Phi) is 6.08. The summed E-state index contributed by atoms with van der Waals surface area (Å²) in [6.07, 6.45) is 4.96. The van der Waals surface area contributed by atoms with E-state index in [1.165, 1.54) is 6.08 Å². The van der Waals surface area contributed by atoms with Crippen LogP contribution in [-0.2, 0) is 22.7 Å². The monoisotopic (exact) mass is 466 g/mol. The molecule has 0 N–H and O–H groups in total. The van der Waals surface area contributed by atoms with Crippen molar-refractivity contribution in [3.8, 4) is 0 Å². The van der Waals surface area contributed by atoms with Gasteiger partial charge >= 0.3 is 5.97 Å². The molecule has 1 saturated carbocycles. The average molecular weight is 468 g/mol. The van der Waals surface area contributed by atoms with E-state index in [9.17, 15) is 4.79 Å². The summed E-state index contributed by atoms with van der Waals surface area (Å²) in [4.78, 5) is 12.1. The van der Waals surface area contributed by atoms with Gasteiger partial charge in [0.05, 0.1) is 18.3 Å². The number of carbonyl (C=O) groups is 1. The number of hydrogen-bond acceptors (Lipinski definition) is 6. The Morgan fingerprint density at radius 1 is 1.30 bits per heavy atom. The summed E-state index contributed by atoms with van der Waals surface area (Å²) < 4.78 is 8.56. The smallest absolute Gasteiger partial charge is 0.331 e. The maximum Gasteiger partial charge on any atom is 0.331 e. The van der Waals surface area contributed by atoms with E-state index in [1.54, 1.807) is 34.5 Å². The van der Waals surface area contributed by atoms with Gasteiger partial charge < -0.3 is 4.74 Å². The summed E-state index contributed by atoms with van der Waals surface area (Å²) in [5.41, 5.74) is 2.13. The predicted molar refractivity (Wildman–Crippen MR) is 112 cm³/mol. The molecule has 0 aliphatic heterocycles. The first-order valence-corrected chi connectivity index (χ1v) is 10.3. The molecule has 11 heteroatoms. The Labute approximate surface area is 187 Å². The van der Waals surface area contributed by atoms with Crippen LogP contribution in [0.2, 0.25) is 15.2 Å². The number of aryl methyl sites for hydroxylation is 1. The minimum atomic E-state index is -0.524. The van der Waals surface area contributed by atoms with Crippen molar-refractivity contribution in [2.24, 2.45) is 0 Å². The Morgan fingerprint density at radius 2 is 2.10 bits per heavy atom. The van der Waals surface area contributed by atoms with Gasteiger partial charge in [-0.3, -0.25) is 0 Å². The molecule has 0 unspecified atom stereocenters. The van der Waals surface area contributed by atoms with Crippen LogP contribution in [0, 0.1) is 6.92 Å². The number of esters is 1. The number of rotatable bonds is 7. The fraction of sp³-hybridized carbons (Fsp3) is 0.316. The maximum atomic E-state index is 12.1. The maximum absolute atomic E-state index is 12.1. The van der Waals surface area contributed by atoms with Crippen LogP contribution in [0.15, 0.2) is 24.3 Å². The van der Waals surface area contributed by atoms with Gasteiger partial charge in [-0.05, 0) is 54.0 Å². The zero-order chi connectivity index (χ0) is 21.3. The molecule has 2 aromatic heterocycles. The normalized spacial score (nSPS) is 13.9. The standard InChI is InChI=1S/C19H17Cl3N6O2/c1-11-15(19(22)27(24-11)9-12-2-3-13(20)8-16(12)21)6-7-18(29)30-10-17-23-25-26-28(17)14-4-5-14/h2-3,6-8,14H,4-5,9-10H2,1H3/b7-6+. The molecule has 1 aromatic carbocycles. The highest BCUT2D eigenvalue weighted by Crippen LogP contribution is 2.34. The molecule has 1 aliphatic carbocycles. The Morgan fingerprint density at radius 3 is 2.83 bits per heavy atom. The molecule has 0 saturated heterocycles. The summed E-state index contributed by atoms with van der Waals surface area (Å²) in [6.45, 7) is 2.19. The first-order valence-electron chi connectivity index (χ1n) is 9.21. The van der Waals surface area contributed by atoms with Crippen LogP contribution in [0.1, 0.15) is 41.5 Å². The van der Waals surface area contributed by atoms with Crippen molar-refractivity contribution in [2.45, 2.75) is 39.0 Å². The quantitative estimate of drug-likeness (QED) is 0.381. The molecule has 0 bridgehead atoms. The topological polar surface area (TPSA) is 87.7 Å². The van der Waals surface area contributed by atoms with Crippen LogP contribution in [0.25, 0.3) is 6.08 Å². The lowest BCUT2D eigenvalue weighted by molar-refractivity contribution is -0.139. The highest BCUT2D eigenvalue weighted by atomic mass is 35.5. The molecule has 0 amide bonds. The second-order valence-corrected chi connectivity index (χ2v) is 8.10. The molecule has 0 spiro atoms. The lowest BCUT2D eigenvalue weighted by atomic mass is 10.2. The van der Waals surface area contributed by atoms with Crippen LogP contribution in [0.3, 0.4) is 0 Å². The molecule has 1 fully saturated rings. The molecule has 0 atom stereocenters. The van der Waals surface area contributed by atoms with E-state index >= 15 is 0 Å². The van der Waals surface area contributed by atoms with Crippen LogP contribution in [-0.4, -0.2) is 36.0 Å². The van der Waals surface area contributed by atoms with Gasteiger partial charge in [0.2, 0.25) is 0 Å². The van der Waals surface area contributed by atoms with E-state index < -0.39 is 5.97 Å². The fourth-order valence-corrected chi connectivity index (χ4v) is 3.68. The van der Waals surface area contributed by atoms with Gasteiger partial charge in [-0.15, -0.1) is 5.10 Å². The Bertz CT molecular complexity index is 1120. The first kappa shape index (κ1) is 20.8. The van der Waals surface area contributed by atoms with E-state index in [0.29, 0.717) is 44.9 Å². The van der Waals surface area contributed by atoms with Crippen molar-refractivity contribution in [1.82, 2.24) is 30.0 Å². The van der Waals surface area contributed by atoms with Crippen LogP contribution < -0.4 is 0 Å². The van der Waals surface area contributed by atoms with Crippen molar-refractivity contribution >= 4 is 46.8 Å². The van der Waals surface area contributed by atoms with Crippen LogP contribution >= 0.6 is 34.8 Å². The summed E-state index contributed by atoms with van der Waals surface area (Å²) >= 11 is 18.6. The predicted octanol–water partition coefficient (Wildman–Crippen LogP) is 4.28. The van der Waals surface area contributed by atoms with Gasteiger partial charge in [0.25, 0.3) is 0 Å². The van der Waals surface area contributed by atoms with Crippen LogP contribution in [0.5, 0.6) is 0 Å². The lowest BCUT2D eigenvalue weighted by Gasteiger charge is -2.06. The second-order valence-electron chi connectivity index (χ2n) is 6.90. The molecule has 4 rings (SSSR count). The Balaban J connectivity index is 1.41. The molecule has 1 aliphatic rings. The van der Waals surface area contributed by atoms with E-state index in [-0.39, 0.29) is 6.61 Å². The fourth-order valence-electron chi connectivity index (χ4n) is 2.92. The number of halogens is 3. The van der Waals surface area contributed by atoms with Crippen molar-refractivity contribution in [1.29, 1.82) is 0 Å². The molecular weight excluding hydrogens is 451 g/mol. The Hall–Kier alpha value is -2.42. The van der Waals surface area contributed by atoms with Gasteiger partial charge in [0.1, 0.15) is 5.15 Å². The number of carbonyl (C=O) groups excluding carboxylic acids is 1. The molecule has 30 heavy (non-hydrogen) atoms. The summed E-state index contributed by atoms with van der Waals surface area (Å²) in [6, 6.07) is 5.55. The summed E-state index contributed by atoms with van der Waals surface area (Å²) in [5, 5.41) is 17.4. The highest BCUT2D eigenvalue weighted by Gasteiger charge is 2.28. The van der Waals surface area contributed by atoms with Gasteiger partial charge in [-0.25, -0.2) is 14.2 Å². The van der Waals surface area contributed by atoms with E-state index in [2.05, 4.69) is 20.6 Å². The first-order chi connectivity index (χ1) is 14.4. The minimum Gasteiger partial charge on any atom is -0.454 e. The van der Waals surface area contributed by atoms with Crippen molar-refractivity contribution in [3.63, 3.8) is 0 Å². The number of benzene rings is 1. The SMILES string of the molecule is Cc1nn(Cc2ccc(Cl)cc2Cl)c(Cl)c1/C=C/C(=O)OCc1nnnn1C1CC1. The van der Waals surface area contributed by atoms with Crippen molar-refractivity contribution in [3.05, 3.63) is 62.1 Å². The third-order valence-electron chi connectivity index (χ3n) is 4.63. The van der Waals surface area contributed by atoms with Crippen molar-refractivity contribution in [2.75, 3.05) is 0 Å². The zero-order valence-corrected chi connectivity index (χ0v) is 18.2. The summed E-state index contributed by atoms with van der Waals surface area (Å²) in [5.74, 6) is 0.00503. The number of hydrogen-bond donors (Lipinski definition) is 0. The number of ether oxygens (including phenoxy) is 1. The number of nitrogens with zero attached hydrogens (tertiary/aromatic N) is 6. The molecule has 156 valence electrons. The van der Waals surface area contributed by atoms with Crippen molar-refractivity contribution < 1.29 is 9.53 Å². The van der Waals surface area contributed by atoms with Gasteiger partial charge in [0, 0.05) is 21.7 Å². The highest BCUT2D eigenvalue weighted by molar-refractivity contribution is 6.35. The largest absolute Gasteiger partial charge is 0.454 e. The summed E-state index contributed by atoms with van der Waals surface area (Å²) in [7, 11) is 0. The zero-order valence-electron chi connectivity index (χ0n) is 15.9. The van der Waals surface area contributed by atoms with E-state index in [0.717, 1.165) is 18.4 Å². The second kappa shape index (κ2) is 8.75. The molecule has 3 aromatic rings. The average Bonchev–Trinajstić information content (AvgIpc) is 3.38. The van der Waals surface area contributed by atoms with Gasteiger partial charge in [0.15, 0.2) is 12.4 Å². The number of aromatic nitrogens is 6. The van der Waals surface area contributed by atoms with Gasteiger partial charge in [-0.1, -0.05) is 40.9 Å². The lowest BCUT2D eigenvalue weighted by Crippen LogP contribution is -2.08. The van der Waals surface area contributed by atoms with E-state index in [4.69, 9.17) is 39.5 Å². The van der Waals surface area contributed by atoms with Gasteiger partial charge in [-0.2, -0.15) is 5.10 Å². The van der Waals surface area contributed by atoms with E-state index in [1.807, 2.05) is 6.07 Å². The molecular formula is C19H17Cl3N6O2. The third kappa shape index (κ3) is 4.66. The third-order valence-corrected chi connectivity index (χ3v) is 5.61. The van der Waals surface area contributed by atoms with Crippen LogP contribution in [0.4, 0.5) is 0 Å². The minimum absolute atomic E-state index is 0.00765. The molecule has 2 heterocycles. The molecule has 0 radical (unpaired) electrons. The molecule has 8 nitrogen and oxygen atoms in total.